The van der Waals surface area contributed by atoms with E-state index in [1.807, 2.05) is 7.05 Å². The average molecular weight is 126 g/mol. The third-order valence-corrected chi connectivity index (χ3v) is 2.41. The third-order valence-electron chi connectivity index (χ3n) is 2.41. The van der Waals surface area contributed by atoms with Crippen molar-refractivity contribution in [2.45, 2.75) is 24.9 Å². The van der Waals surface area contributed by atoms with Gasteiger partial charge in [-0.2, -0.15) is 0 Å². The highest BCUT2D eigenvalue weighted by Gasteiger charge is 2.44. The normalized spacial score (nSPS) is 47.0. The van der Waals surface area contributed by atoms with E-state index in [1.54, 1.807) is 0 Å². The van der Waals surface area contributed by atoms with Crippen LogP contribution in [0.15, 0.2) is 0 Å². The Bertz CT molecular complexity index is 103. The Morgan fingerprint density at radius 2 is 2.44 bits per heavy atom. The van der Waals surface area contributed by atoms with Crippen LogP contribution in [0.1, 0.15) is 12.8 Å². The van der Waals surface area contributed by atoms with Gasteiger partial charge in [0.15, 0.2) is 0 Å². The number of likely N-dealkylation sites (N-methyl/N-ethyl adjacent to an activating group) is 1. The maximum atomic E-state index is 3.57. The Hall–Kier alpha value is -0.0800. The summed E-state index contributed by atoms with van der Waals surface area (Å²) in [5.74, 6) is 1.04. The van der Waals surface area contributed by atoms with Gasteiger partial charge in [-0.3, -0.25) is 0 Å². The van der Waals surface area contributed by atoms with Crippen molar-refractivity contribution in [2.24, 2.45) is 5.92 Å². The van der Waals surface area contributed by atoms with Gasteiger partial charge in [-0.25, -0.2) is 0 Å². The fourth-order valence-corrected chi connectivity index (χ4v) is 1.84. The van der Waals surface area contributed by atoms with E-state index < -0.39 is 0 Å². The Morgan fingerprint density at radius 3 is 3.00 bits per heavy atom. The molecule has 3 unspecified atom stereocenters. The number of nitrogens with one attached hydrogen (secondary N) is 2. The van der Waals surface area contributed by atoms with Gasteiger partial charge in [-0.15, -0.1) is 0 Å². The molecule has 0 aromatic rings. The van der Waals surface area contributed by atoms with Crippen molar-refractivity contribution >= 4 is 0 Å². The SMILES string of the molecule is CNCC1CC2CC2N1. The highest BCUT2D eigenvalue weighted by Crippen LogP contribution is 2.40. The van der Waals surface area contributed by atoms with Crippen molar-refractivity contribution in [3.05, 3.63) is 0 Å². The fourth-order valence-electron chi connectivity index (χ4n) is 1.84. The van der Waals surface area contributed by atoms with Crippen LogP contribution in [0.4, 0.5) is 0 Å². The molecule has 52 valence electrons. The molecule has 2 fully saturated rings. The Balaban J connectivity index is 1.77. The summed E-state index contributed by atoms with van der Waals surface area (Å²) in [5, 5.41) is 6.75. The lowest BCUT2D eigenvalue weighted by Gasteiger charge is -2.10. The molecule has 2 nitrogen and oxygen atoms in total. The predicted octanol–water partition coefficient (Wildman–Crippen LogP) is -0.0438. The number of rotatable bonds is 2. The molecule has 0 radical (unpaired) electrons. The van der Waals surface area contributed by atoms with Crippen molar-refractivity contribution in [1.82, 2.24) is 10.6 Å². The van der Waals surface area contributed by atoms with Crippen molar-refractivity contribution in [3.63, 3.8) is 0 Å². The standard InChI is InChI=1S/C7H14N2/c1-8-4-6-2-5-3-7(5)9-6/h5-9H,2-4H2,1H3. The van der Waals surface area contributed by atoms with Crippen molar-refractivity contribution in [2.75, 3.05) is 13.6 Å². The van der Waals surface area contributed by atoms with Crippen LogP contribution in [0.3, 0.4) is 0 Å². The predicted molar refractivity (Wildman–Crippen MR) is 37.4 cm³/mol. The molecular weight excluding hydrogens is 112 g/mol. The molecule has 1 saturated heterocycles. The molecule has 9 heavy (non-hydrogen) atoms. The first-order valence-corrected chi connectivity index (χ1v) is 3.81. The first-order valence-electron chi connectivity index (χ1n) is 3.81. The summed E-state index contributed by atoms with van der Waals surface area (Å²) in [6.45, 7) is 1.15. The first-order chi connectivity index (χ1) is 4.40. The molecule has 1 heterocycles. The van der Waals surface area contributed by atoms with E-state index in [-0.39, 0.29) is 0 Å². The summed E-state index contributed by atoms with van der Waals surface area (Å²) in [5.41, 5.74) is 0. The van der Waals surface area contributed by atoms with Crippen LogP contribution in [0.25, 0.3) is 0 Å². The molecule has 0 aromatic heterocycles. The lowest BCUT2D eigenvalue weighted by molar-refractivity contribution is 0.515. The molecule has 0 spiro atoms. The number of hydrogen-bond acceptors (Lipinski definition) is 2. The summed E-state index contributed by atoms with van der Waals surface area (Å²) in [4.78, 5) is 0. The summed E-state index contributed by atoms with van der Waals surface area (Å²) < 4.78 is 0. The van der Waals surface area contributed by atoms with Crippen LogP contribution >= 0.6 is 0 Å². The topological polar surface area (TPSA) is 24.1 Å². The second-order valence-electron chi connectivity index (χ2n) is 3.26. The minimum Gasteiger partial charge on any atom is -0.318 e. The molecule has 1 aliphatic heterocycles. The van der Waals surface area contributed by atoms with Crippen LogP contribution in [-0.2, 0) is 0 Å². The van der Waals surface area contributed by atoms with E-state index >= 15 is 0 Å². The molecule has 0 bridgehead atoms. The molecule has 2 aliphatic rings. The van der Waals surface area contributed by atoms with Crippen LogP contribution < -0.4 is 10.6 Å². The number of piperidine rings is 1. The van der Waals surface area contributed by atoms with Gasteiger partial charge < -0.3 is 10.6 Å². The van der Waals surface area contributed by atoms with Crippen molar-refractivity contribution in [3.8, 4) is 0 Å². The van der Waals surface area contributed by atoms with E-state index in [1.165, 1.54) is 12.8 Å². The maximum absolute atomic E-state index is 3.57. The zero-order valence-corrected chi connectivity index (χ0v) is 5.85. The summed E-state index contributed by atoms with van der Waals surface area (Å²) in [6.07, 6.45) is 2.85. The van der Waals surface area contributed by atoms with Gasteiger partial charge >= 0.3 is 0 Å². The average Bonchev–Trinajstić information content (AvgIpc) is 2.42. The van der Waals surface area contributed by atoms with E-state index in [0.717, 1.165) is 24.5 Å². The minimum absolute atomic E-state index is 0.777. The molecular formula is C7H14N2. The lowest BCUT2D eigenvalue weighted by Crippen LogP contribution is -2.34. The number of hydrogen-bond donors (Lipinski definition) is 2. The quantitative estimate of drug-likeness (QED) is 0.542. The van der Waals surface area contributed by atoms with Gasteiger partial charge in [-0.1, -0.05) is 0 Å². The Labute approximate surface area is 56.0 Å². The highest BCUT2D eigenvalue weighted by molar-refractivity contribution is 5.03. The Morgan fingerprint density at radius 1 is 1.56 bits per heavy atom. The van der Waals surface area contributed by atoms with Crippen LogP contribution in [-0.4, -0.2) is 25.7 Å². The molecule has 0 amide bonds. The van der Waals surface area contributed by atoms with Crippen LogP contribution in [0.5, 0.6) is 0 Å². The third kappa shape index (κ3) is 0.970. The van der Waals surface area contributed by atoms with Crippen molar-refractivity contribution in [1.29, 1.82) is 0 Å². The zero-order chi connectivity index (χ0) is 6.27. The molecule has 3 atom stereocenters. The monoisotopic (exact) mass is 126 g/mol. The highest BCUT2D eigenvalue weighted by atomic mass is 15.1. The van der Waals surface area contributed by atoms with E-state index in [0.29, 0.717) is 0 Å². The molecule has 1 saturated carbocycles. The summed E-state index contributed by atoms with van der Waals surface area (Å²) in [6, 6.07) is 1.68. The fraction of sp³-hybridized carbons (Fsp3) is 1.00. The van der Waals surface area contributed by atoms with Gasteiger partial charge in [0, 0.05) is 18.6 Å². The minimum atomic E-state index is 0.777. The van der Waals surface area contributed by atoms with Gasteiger partial charge in [-0.05, 0) is 25.8 Å². The van der Waals surface area contributed by atoms with Gasteiger partial charge in [0.25, 0.3) is 0 Å². The van der Waals surface area contributed by atoms with Gasteiger partial charge in [0.05, 0.1) is 0 Å². The summed E-state index contributed by atoms with van der Waals surface area (Å²) >= 11 is 0. The Kier molecular flexibility index (Phi) is 1.24. The van der Waals surface area contributed by atoms with E-state index in [4.69, 9.17) is 0 Å². The smallest absolute Gasteiger partial charge is 0.0198 e. The zero-order valence-electron chi connectivity index (χ0n) is 5.85. The largest absolute Gasteiger partial charge is 0.318 e. The van der Waals surface area contributed by atoms with Gasteiger partial charge in [0.2, 0.25) is 0 Å². The van der Waals surface area contributed by atoms with Gasteiger partial charge in [0.1, 0.15) is 0 Å². The second-order valence-corrected chi connectivity index (χ2v) is 3.26. The molecule has 2 N–H and O–H groups in total. The van der Waals surface area contributed by atoms with Crippen LogP contribution in [0.2, 0.25) is 0 Å². The van der Waals surface area contributed by atoms with Crippen LogP contribution in [0, 0.1) is 5.92 Å². The molecule has 0 aromatic carbocycles. The summed E-state index contributed by atoms with van der Waals surface area (Å²) in [7, 11) is 2.02. The van der Waals surface area contributed by atoms with Crippen molar-refractivity contribution < 1.29 is 0 Å². The number of fused-ring (bicyclic) bond motifs is 1. The molecule has 2 heteroatoms. The lowest BCUT2D eigenvalue weighted by atomic mass is 10.2. The van der Waals surface area contributed by atoms with E-state index in [9.17, 15) is 0 Å². The maximum Gasteiger partial charge on any atom is 0.0198 e. The second kappa shape index (κ2) is 1.96. The first kappa shape index (κ1) is 5.69. The van der Waals surface area contributed by atoms with E-state index in [2.05, 4.69) is 10.6 Å². The molecule has 1 aliphatic carbocycles. The molecule has 2 rings (SSSR count).